The molecule has 1 fully saturated rings. The van der Waals surface area contributed by atoms with Crippen LogP contribution in [0, 0.1) is 18.2 Å². The van der Waals surface area contributed by atoms with Crippen molar-refractivity contribution in [2.24, 2.45) is 5.41 Å². The van der Waals surface area contributed by atoms with Gasteiger partial charge >= 0.3 is 0 Å². The van der Waals surface area contributed by atoms with Crippen molar-refractivity contribution in [3.8, 4) is 11.4 Å². The molecule has 0 radical (unpaired) electrons. The smallest absolute Gasteiger partial charge is 0.140 e. The molecule has 0 atom stereocenters. The van der Waals surface area contributed by atoms with Crippen molar-refractivity contribution in [1.82, 2.24) is 9.55 Å². The molecule has 2 heterocycles. The first kappa shape index (κ1) is 15.2. The molecular weight excluding hydrogens is 283 g/mol. The number of hydrogen-bond acceptors (Lipinski definition) is 3. The van der Waals surface area contributed by atoms with E-state index in [2.05, 4.69) is 9.55 Å². The Morgan fingerprint density at radius 1 is 1.36 bits per heavy atom. The van der Waals surface area contributed by atoms with E-state index in [1.807, 2.05) is 13.1 Å². The van der Waals surface area contributed by atoms with Crippen LogP contribution in [0.15, 0.2) is 30.6 Å². The van der Waals surface area contributed by atoms with Crippen LogP contribution in [-0.4, -0.2) is 34.5 Å². The van der Waals surface area contributed by atoms with Crippen molar-refractivity contribution in [2.45, 2.75) is 26.3 Å². The predicted molar refractivity (Wildman–Crippen MR) is 81.9 cm³/mol. The van der Waals surface area contributed by atoms with E-state index in [1.54, 1.807) is 12.3 Å². The summed E-state index contributed by atoms with van der Waals surface area (Å²) in [6.45, 7) is 4.07. The molecule has 118 valence electrons. The first-order chi connectivity index (χ1) is 10.6. The van der Waals surface area contributed by atoms with E-state index in [4.69, 9.17) is 4.74 Å². The average molecular weight is 304 g/mol. The number of benzene rings is 1. The van der Waals surface area contributed by atoms with Gasteiger partial charge in [-0.05, 0) is 43.5 Å². The Labute approximate surface area is 129 Å². The molecule has 1 N–H and O–H groups in total. The molecule has 1 aliphatic heterocycles. The van der Waals surface area contributed by atoms with Crippen LogP contribution in [0.3, 0.4) is 0 Å². The van der Waals surface area contributed by atoms with Crippen LogP contribution in [0.4, 0.5) is 4.39 Å². The Morgan fingerprint density at radius 2 is 2.14 bits per heavy atom. The van der Waals surface area contributed by atoms with Gasteiger partial charge in [0.1, 0.15) is 11.6 Å². The van der Waals surface area contributed by atoms with Gasteiger partial charge in [-0.25, -0.2) is 9.37 Å². The highest BCUT2D eigenvalue weighted by atomic mass is 19.1. The summed E-state index contributed by atoms with van der Waals surface area (Å²) in [6.07, 6.45) is 5.35. The van der Waals surface area contributed by atoms with Crippen LogP contribution in [0.2, 0.25) is 0 Å². The van der Waals surface area contributed by atoms with Crippen LogP contribution < -0.4 is 0 Å². The quantitative estimate of drug-likeness (QED) is 0.945. The molecule has 0 aliphatic carbocycles. The van der Waals surface area contributed by atoms with Crippen LogP contribution in [0.1, 0.15) is 18.4 Å². The number of aromatic nitrogens is 2. The molecule has 1 aliphatic rings. The number of imidazole rings is 1. The van der Waals surface area contributed by atoms with Crippen LogP contribution in [0.5, 0.6) is 0 Å². The predicted octanol–water partition coefficient (Wildman–Crippen LogP) is 2.79. The third kappa shape index (κ3) is 2.91. The summed E-state index contributed by atoms with van der Waals surface area (Å²) in [5, 5.41) is 9.85. The van der Waals surface area contributed by atoms with Crippen molar-refractivity contribution in [1.29, 1.82) is 0 Å². The molecule has 2 aromatic rings. The third-order valence-corrected chi connectivity index (χ3v) is 4.54. The summed E-state index contributed by atoms with van der Waals surface area (Å²) in [5.74, 6) is 0.576. The van der Waals surface area contributed by atoms with Gasteiger partial charge in [-0.2, -0.15) is 0 Å². The molecule has 1 aromatic heterocycles. The van der Waals surface area contributed by atoms with E-state index in [0.717, 1.165) is 29.8 Å². The average Bonchev–Trinajstić information content (AvgIpc) is 2.96. The highest BCUT2D eigenvalue weighted by Crippen LogP contribution is 2.33. The number of aliphatic hydroxyl groups excluding tert-OH is 1. The summed E-state index contributed by atoms with van der Waals surface area (Å²) in [6, 6.07) is 4.74. The number of hydrogen-bond donors (Lipinski definition) is 1. The second-order valence-corrected chi connectivity index (χ2v) is 6.11. The van der Waals surface area contributed by atoms with Crippen molar-refractivity contribution in [3.05, 3.63) is 42.0 Å². The first-order valence-electron chi connectivity index (χ1n) is 7.60. The minimum Gasteiger partial charge on any atom is -0.396 e. The maximum atomic E-state index is 13.3. The number of halogens is 1. The van der Waals surface area contributed by atoms with Crippen molar-refractivity contribution >= 4 is 0 Å². The third-order valence-electron chi connectivity index (χ3n) is 4.54. The molecule has 3 rings (SSSR count). The number of nitrogens with zero attached hydrogens (tertiary/aromatic N) is 2. The van der Waals surface area contributed by atoms with Gasteiger partial charge in [-0.3, -0.25) is 0 Å². The number of aryl methyl sites for hydroxylation is 1. The van der Waals surface area contributed by atoms with E-state index in [1.165, 1.54) is 12.1 Å². The molecule has 0 amide bonds. The fourth-order valence-corrected chi connectivity index (χ4v) is 3.09. The van der Waals surface area contributed by atoms with Crippen molar-refractivity contribution in [3.63, 3.8) is 0 Å². The normalized spacial score (nSPS) is 17.6. The summed E-state index contributed by atoms with van der Waals surface area (Å²) in [4.78, 5) is 4.44. The number of aliphatic hydroxyl groups is 1. The summed E-state index contributed by atoms with van der Waals surface area (Å²) in [7, 11) is 0. The van der Waals surface area contributed by atoms with Crippen LogP contribution >= 0.6 is 0 Å². The Morgan fingerprint density at radius 3 is 2.82 bits per heavy atom. The minimum atomic E-state index is -0.240. The first-order valence-corrected chi connectivity index (χ1v) is 7.60. The fourth-order valence-electron chi connectivity index (χ4n) is 3.09. The molecule has 1 aromatic carbocycles. The zero-order valence-electron chi connectivity index (χ0n) is 12.8. The molecule has 22 heavy (non-hydrogen) atoms. The fraction of sp³-hybridized carbons (Fsp3) is 0.471. The summed E-state index contributed by atoms with van der Waals surface area (Å²) >= 11 is 0. The van der Waals surface area contributed by atoms with Gasteiger partial charge in [0.05, 0.1) is 6.61 Å². The topological polar surface area (TPSA) is 47.3 Å². The van der Waals surface area contributed by atoms with E-state index < -0.39 is 0 Å². The van der Waals surface area contributed by atoms with Gasteiger partial charge in [0.2, 0.25) is 0 Å². The van der Waals surface area contributed by atoms with Gasteiger partial charge in [0.15, 0.2) is 0 Å². The van der Waals surface area contributed by atoms with Crippen LogP contribution in [-0.2, 0) is 11.3 Å². The Hall–Kier alpha value is -1.72. The van der Waals surface area contributed by atoms with Gasteiger partial charge in [0, 0.05) is 43.1 Å². The standard InChI is InChI=1S/C17H21FN2O2/c1-13-10-14(18)2-3-15(13)16-19-6-7-20(16)11-17(12-21)4-8-22-9-5-17/h2-3,6-7,10,21H,4-5,8-9,11-12H2,1H3. The maximum absolute atomic E-state index is 13.3. The largest absolute Gasteiger partial charge is 0.396 e. The monoisotopic (exact) mass is 304 g/mol. The summed E-state index contributed by atoms with van der Waals surface area (Å²) in [5.41, 5.74) is 1.62. The van der Waals surface area contributed by atoms with E-state index in [-0.39, 0.29) is 17.8 Å². The lowest BCUT2D eigenvalue weighted by atomic mass is 9.81. The second-order valence-electron chi connectivity index (χ2n) is 6.11. The lowest BCUT2D eigenvalue weighted by Crippen LogP contribution is -2.37. The SMILES string of the molecule is Cc1cc(F)ccc1-c1nccn1CC1(CO)CCOCC1. The second kappa shape index (κ2) is 6.18. The van der Waals surface area contributed by atoms with Gasteiger partial charge < -0.3 is 14.4 Å². The van der Waals surface area contributed by atoms with Crippen molar-refractivity contribution < 1.29 is 14.2 Å². The summed E-state index contributed by atoms with van der Waals surface area (Å²) < 4.78 is 20.8. The molecule has 1 saturated heterocycles. The molecule has 0 unspecified atom stereocenters. The zero-order chi connectivity index (χ0) is 15.6. The molecule has 0 bridgehead atoms. The molecule has 5 heteroatoms. The van der Waals surface area contributed by atoms with Crippen LogP contribution in [0.25, 0.3) is 11.4 Å². The highest BCUT2D eigenvalue weighted by Gasteiger charge is 2.33. The lowest BCUT2D eigenvalue weighted by molar-refractivity contribution is -0.0250. The van der Waals surface area contributed by atoms with Gasteiger partial charge in [0.25, 0.3) is 0 Å². The van der Waals surface area contributed by atoms with E-state index >= 15 is 0 Å². The Balaban J connectivity index is 1.91. The zero-order valence-corrected chi connectivity index (χ0v) is 12.8. The van der Waals surface area contributed by atoms with E-state index in [0.29, 0.717) is 19.8 Å². The number of rotatable bonds is 4. The molecule has 0 spiro atoms. The Bertz CT molecular complexity index is 648. The number of ether oxygens (including phenoxy) is 1. The van der Waals surface area contributed by atoms with Crippen molar-refractivity contribution in [2.75, 3.05) is 19.8 Å². The highest BCUT2D eigenvalue weighted by molar-refractivity contribution is 5.60. The Kier molecular flexibility index (Phi) is 4.27. The van der Waals surface area contributed by atoms with Gasteiger partial charge in [-0.1, -0.05) is 0 Å². The molecule has 4 nitrogen and oxygen atoms in total. The van der Waals surface area contributed by atoms with E-state index in [9.17, 15) is 9.50 Å². The minimum absolute atomic E-state index is 0.135. The molecular formula is C17H21FN2O2. The molecule has 0 saturated carbocycles. The van der Waals surface area contributed by atoms with Gasteiger partial charge in [-0.15, -0.1) is 0 Å². The maximum Gasteiger partial charge on any atom is 0.140 e. The lowest BCUT2D eigenvalue weighted by Gasteiger charge is -2.36.